The summed E-state index contributed by atoms with van der Waals surface area (Å²) in [5.41, 5.74) is 1.89. The molecular weight excluding hydrogens is 387 g/mol. The lowest BCUT2D eigenvalue weighted by molar-refractivity contribution is -0.153. The molecule has 0 radical (unpaired) electrons. The highest BCUT2D eigenvalue weighted by Gasteiger charge is 2.18. The lowest BCUT2D eigenvalue weighted by Crippen LogP contribution is -2.32. The van der Waals surface area contributed by atoms with Crippen LogP contribution in [0.25, 0.3) is 0 Å². The van der Waals surface area contributed by atoms with Gasteiger partial charge in [-0.15, -0.1) is 0 Å². The zero-order valence-corrected chi connectivity index (χ0v) is 17.6. The maximum absolute atomic E-state index is 13.2. The molecule has 1 atom stereocenters. The van der Waals surface area contributed by atoms with Crippen LogP contribution in [0, 0.1) is 5.82 Å². The molecule has 0 aliphatic heterocycles. The number of rotatable bonds is 7. The molecule has 0 saturated carbocycles. The van der Waals surface area contributed by atoms with E-state index in [0.29, 0.717) is 5.56 Å². The van der Waals surface area contributed by atoms with E-state index in [-0.39, 0.29) is 30.0 Å². The number of carbonyl (C=O) groups is 3. The van der Waals surface area contributed by atoms with Crippen LogP contribution in [0.3, 0.4) is 0 Å². The van der Waals surface area contributed by atoms with Crippen molar-refractivity contribution in [3.63, 3.8) is 0 Å². The number of carbonyl (C=O) groups excluding carboxylic acids is 3. The predicted octanol–water partition coefficient (Wildman–Crippen LogP) is 3.81. The van der Waals surface area contributed by atoms with Gasteiger partial charge in [0.05, 0.1) is 6.42 Å². The molecule has 0 heterocycles. The Balaban J connectivity index is 1.76. The molecule has 2 N–H and O–H groups in total. The molecule has 0 saturated heterocycles. The maximum Gasteiger partial charge on any atom is 0.308 e. The van der Waals surface area contributed by atoms with E-state index in [4.69, 9.17) is 4.74 Å². The summed E-state index contributed by atoms with van der Waals surface area (Å²) in [6.07, 6.45) is -1.13. The molecule has 2 amide bonds. The normalized spacial score (nSPS) is 12.0. The number of anilines is 1. The average molecular weight is 414 g/mol. The molecule has 2 aromatic carbocycles. The second-order valence-corrected chi connectivity index (χ2v) is 7.96. The summed E-state index contributed by atoms with van der Waals surface area (Å²) in [4.78, 5) is 36.2. The summed E-state index contributed by atoms with van der Waals surface area (Å²) in [6, 6.07) is 12.7. The summed E-state index contributed by atoms with van der Waals surface area (Å²) in [6.45, 7) is 7.77. The molecule has 0 bridgehead atoms. The third kappa shape index (κ3) is 6.99. The van der Waals surface area contributed by atoms with Gasteiger partial charge >= 0.3 is 5.97 Å². The summed E-state index contributed by atoms with van der Waals surface area (Å²) in [5.74, 6) is -1.97. The summed E-state index contributed by atoms with van der Waals surface area (Å²) in [7, 11) is 0. The van der Waals surface area contributed by atoms with E-state index in [2.05, 4.69) is 31.4 Å². The van der Waals surface area contributed by atoms with Crippen LogP contribution in [0.5, 0.6) is 0 Å². The molecule has 160 valence electrons. The van der Waals surface area contributed by atoms with Crippen molar-refractivity contribution < 1.29 is 23.5 Å². The molecule has 0 unspecified atom stereocenters. The number of amides is 2. The Hall–Kier alpha value is -3.22. The number of hydrogen-bond donors (Lipinski definition) is 2. The Bertz CT molecular complexity index is 904. The van der Waals surface area contributed by atoms with Crippen molar-refractivity contribution in [1.29, 1.82) is 0 Å². The van der Waals surface area contributed by atoms with Crippen molar-refractivity contribution in [2.45, 2.75) is 45.6 Å². The van der Waals surface area contributed by atoms with Gasteiger partial charge in [0.15, 0.2) is 6.10 Å². The van der Waals surface area contributed by atoms with Crippen LogP contribution in [0.1, 0.15) is 50.0 Å². The Labute approximate surface area is 175 Å². The number of ether oxygens (including phenoxy) is 1. The molecule has 2 aromatic rings. The van der Waals surface area contributed by atoms with E-state index in [1.165, 1.54) is 25.1 Å². The van der Waals surface area contributed by atoms with E-state index in [1.807, 2.05) is 12.1 Å². The average Bonchev–Trinajstić information content (AvgIpc) is 2.67. The van der Waals surface area contributed by atoms with Crippen LogP contribution >= 0.6 is 0 Å². The van der Waals surface area contributed by atoms with Gasteiger partial charge in [-0.05, 0) is 48.2 Å². The highest BCUT2D eigenvalue weighted by atomic mass is 19.1. The number of esters is 1. The number of halogens is 1. The smallest absolute Gasteiger partial charge is 0.308 e. The minimum Gasteiger partial charge on any atom is -0.452 e. The first kappa shape index (κ1) is 23.1. The molecule has 0 fully saturated rings. The van der Waals surface area contributed by atoms with Crippen molar-refractivity contribution >= 4 is 23.5 Å². The van der Waals surface area contributed by atoms with Crippen molar-refractivity contribution in [2.75, 3.05) is 11.9 Å². The fourth-order valence-electron chi connectivity index (χ4n) is 2.62. The Morgan fingerprint density at radius 3 is 2.33 bits per heavy atom. The first-order chi connectivity index (χ1) is 14.1. The fourth-order valence-corrected chi connectivity index (χ4v) is 2.62. The molecule has 0 aromatic heterocycles. The van der Waals surface area contributed by atoms with E-state index in [1.54, 1.807) is 12.1 Å². The van der Waals surface area contributed by atoms with Crippen LogP contribution < -0.4 is 10.6 Å². The molecule has 0 aliphatic rings. The zero-order chi connectivity index (χ0) is 22.3. The van der Waals surface area contributed by atoms with Gasteiger partial charge < -0.3 is 15.4 Å². The largest absolute Gasteiger partial charge is 0.452 e. The quantitative estimate of drug-likeness (QED) is 0.675. The minimum atomic E-state index is -1.05. The third-order valence-corrected chi connectivity index (χ3v) is 4.40. The second-order valence-electron chi connectivity index (χ2n) is 7.96. The fraction of sp³-hybridized carbons (Fsp3) is 0.348. The molecule has 30 heavy (non-hydrogen) atoms. The Morgan fingerprint density at radius 2 is 1.73 bits per heavy atom. The lowest BCUT2D eigenvalue weighted by Gasteiger charge is -2.19. The van der Waals surface area contributed by atoms with Crippen LogP contribution in [-0.2, 0) is 19.7 Å². The van der Waals surface area contributed by atoms with E-state index >= 15 is 0 Å². The molecular formula is C23H27FN2O4. The zero-order valence-electron chi connectivity index (χ0n) is 17.6. The van der Waals surface area contributed by atoms with Gasteiger partial charge in [-0.1, -0.05) is 39.0 Å². The third-order valence-electron chi connectivity index (χ3n) is 4.40. The van der Waals surface area contributed by atoms with Gasteiger partial charge in [0.2, 0.25) is 0 Å². The van der Waals surface area contributed by atoms with E-state index in [0.717, 1.165) is 11.6 Å². The van der Waals surface area contributed by atoms with Gasteiger partial charge in [-0.25, -0.2) is 4.39 Å². The van der Waals surface area contributed by atoms with Crippen LogP contribution in [0.2, 0.25) is 0 Å². The van der Waals surface area contributed by atoms with E-state index in [9.17, 15) is 18.8 Å². The maximum atomic E-state index is 13.2. The summed E-state index contributed by atoms with van der Waals surface area (Å²) < 4.78 is 18.2. The highest BCUT2D eigenvalue weighted by Crippen LogP contribution is 2.22. The topological polar surface area (TPSA) is 84.5 Å². The summed E-state index contributed by atoms with van der Waals surface area (Å²) >= 11 is 0. The number of nitrogens with one attached hydrogen (secondary N) is 2. The second kappa shape index (κ2) is 10.0. The lowest BCUT2D eigenvalue weighted by atomic mass is 9.87. The van der Waals surface area contributed by atoms with Gasteiger partial charge in [0.25, 0.3) is 11.8 Å². The predicted molar refractivity (Wildman–Crippen MR) is 113 cm³/mol. The van der Waals surface area contributed by atoms with Gasteiger partial charge in [-0.2, -0.15) is 0 Å². The first-order valence-corrected chi connectivity index (χ1v) is 9.71. The van der Waals surface area contributed by atoms with Crippen molar-refractivity contribution in [3.05, 3.63) is 65.5 Å². The SMILES string of the molecule is C[C@@H](OC(=O)CCNC(=O)c1ccc(C(C)(C)C)cc1)C(=O)Nc1cccc(F)c1. The van der Waals surface area contributed by atoms with E-state index < -0.39 is 23.8 Å². The number of benzene rings is 2. The molecule has 0 spiro atoms. The molecule has 7 heteroatoms. The highest BCUT2D eigenvalue weighted by molar-refractivity contribution is 5.95. The minimum absolute atomic E-state index is 0.00355. The van der Waals surface area contributed by atoms with Gasteiger partial charge in [-0.3, -0.25) is 14.4 Å². The molecule has 0 aliphatic carbocycles. The van der Waals surface area contributed by atoms with Crippen LogP contribution in [-0.4, -0.2) is 30.4 Å². The van der Waals surface area contributed by atoms with Crippen LogP contribution in [0.15, 0.2) is 48.5 Å². The Kier molecular flexibility index (Phi) is 7.69. The Morgan fingerprint density at radius 1 is 1.07 bits per heavy atom. The van der Waals surface area contributed by atoms with Crippen molar-refractivity contribution in [2.24, 2.45) is 0 Å². The van der Waals surface area contributed by atoms with Crippen LogP contribution in [0.4, 0.5) is 10.1 Å². The van der Waals surface area contributed by atoms with Gasteiger partial charge in [0.1, 0.15) is 5.82 Å². The molecule has 2 rings (SSSR count). The van der Waals surface area contributed by atoms with Crippen molar-refractivity contribution in [1.82, 2.24) is 5.32 Å². The number of hydrogen-bond acceptors (Lipinski definition) is 4. The first-order valence-electron chi connectivity index (χ1n) is 9.71. The monoisotopic (exact) mass is 414 g/mol. The summed E-state index contributed by atoms with van der Waals surface area (Å²) in [5, 5.41) is 5.13. The standard InChI is InChI=1S/C23H27FN2O4/c1-15(21(28)26-19-7-5-6-18(24)14-19)30-20(27)12-13-25-22(29)16-8-10-17(11-9-16)23(2,3)4/h5-11,14-15H,12-13H2,1-4H3,(H,25,29)(H,26,28)/t15-/m1/s1. The van der Waals surface area contributed by atoms with Gasteiger partial charge in [0, 0.05) is 17.8 Å². The molecule has 6 nitrogen and oxygen atoms in total. The van der Waals surface area contributed by atoms with Crippen molar-refractivity contribution in [3.8, 4) is 0 Å².